The van der Waals surface area contributed by atoms with Crippen LogP contribution in [0.25, 0.3) is 0 Å². The van der Waals surface area contributed by atoms with E-state index in [-0.39, 0.29) is 11.8 Å². The fourth-order valence-electron chi connectivity index (χ4n) is 1.88. The lowest BCUT2D eigenvalue weighted by molar-refractivity contribution is -0.119. The normalized spacial score (nSPS) is 21.1. The highest BCUT2D eigenvalue weighted by Gasteiger charge is 2.22. The van der Waals surface area contributed by atoms with E-state index in [0.717, 1.165) is 30.1 Å². The fraction of sp³-hybridized carbons (Fsp3) is 0.417. The molecule has 4 nitrogen and oxygen atoms in total. The van der Waals surface area contributed by atoms with Crippen LogP contribution in [0.1, 0.15) is 6.42 Å². The van der Waals surface area contributed by atoms with E-state index in [0.29, 0.717) is 0 Å². The van der Waals surface area contributed by atoms with Gasteiger partial charge in [0, 0.05) is 34.2 Å². The Morgan fingerprint density at radius 3 is 3.00 bits per heavy atom. The number of hydrogen-bond donors (Lipinski definition) is 2. The molecule has 0 aromatic heterocycles. The van der Waals surface area contributed by atoms with Crippen LogP contribution in [-0.2, 0) is 15.6 Å². The predicted octanol–water partition coefficient (Wildman–Crippen LogP) is 0.972. The molecule has 1 saturated heterocycles. The third-order valence-corrected chi connectivity index (χ3v) is 3.78. The van der Waals surface area contributed by atoms with Crippen molar-refractivity contribution in [2.45, 2.75) is 11.3 Å². The number of anilines is 1. The number of amides is 1. The predicted molar refractivity (Wildman–Crippen MR) is 68.4 cm³/mol. The third kappa shape index (κ3) is 3.14. The van der Waals surface area contributed by atoms with E-state index in [9.17, 15) is 9.00 Å². The van der Waals surface area contributed by atoms with E-state index >= 15 is 0 Å². The number of hydrogen-bond acceptors (Lipinski definition) is 3. The zero-order valence-corrected chi connectivity index (χ0v) is 10.5. The second-order valence-electron chi connectivity index (χ2n) is 4.16. The molecule has 2 atom stereocenters. The number of rotatable bonds is 3. The zero-order valence-electron chi connectivity index (χ0n) is 9.73. The molecule has 1 aromatic rings. The Labute approximate surface area is 103 Å². The molecule has 0 bridgehead atoms. The van der Waals surface area contributed by atoms with Crippen molar-refractivity contribution in [1.29, 1.82) is 0 Å². The lowest BCUT2D eigenvalue weighted by Gasteiger charge is -2.10. The average molecular weight is 252 g/mol. The first-order chi connectivity index (χ1) is 8.16. The maximum atomic E-state index is 11.9. The smallest absolute Gasteiger partial charge is 0.228 e. The van der Waals surface area contributed by atoms with Gasteiger partial charge in [0.05, 0.1) is 5.92 Å². The summed E-state index contributed by atoms with van der Waals surface area (Å²) in [4.78, 5) is 12.6. The van der Waals surface area contributed by atoms with Gasteiger partial charge in [-0.2, -0.15) is 0 Å². The molecule has 0 aliphatic carbocycles. The molecule has 0 saturated carbocycles. The van der Waals surface area contributed by atoms with Crippen molar-refractivity contribution in [1.82, 2.24) is 5.32 Å². The standard InChI is InChI=1S/C12H16N2O2S/c1-17(16)11-4-2-3-10(7-11)14-12(15)9-5-6-13-8-9/h2-4,7,9,13H,5-6,8H2,1H3,(H,14,15). The van der Waals surface area contributed by atoms with Gasteiger partial charge in [-0.25, -0.2) is 0 Å². The van der Waals surface area contributed by atoms with Crippen molar-refractivity contribution in [3.8, 4) is 0 Å². The average Bonchev–Trinajstić information content (AvgIpc) is 2.82. The molecule has 0 spiro atoms. The molecule has 1 fully saturated rings. The van der Waals surface area contributed by atoms with Crippen LogP contribution in [-0.4, -0.2) is 29.5 Å². The summed E-state index contributed by atoms with van der Waals surface area (Å²) in [5.41, 5.74) is 0.717. The summed E-state index contributed by atoms with van der Waals surface area (Å²) in [7, 11) is -1.02. The number of carbonyl (C=O) groups is 1. The van der Waals surface area contributed by atoms with Crippen molar-refractivity contribution < 1.29 is 9.00 Å². The molecule has 1 heterocycles. The largest absolute Gasteiger partial charge is 0.326 e. The van der Waals surface area contributed by atoms with Gasteiger partial charge in [-0.3, -0.25) is 9.00 Å². The number of carbonyl (C=O) groups excluding carboxylic acids is 1. The van der Waals surface area contributed by atoms with Crippen LogP contribution < -0.4 is 10.6 Å². The molecule has 0 radical (unpaired) electrons. The lowest BCUT2D eigenvalue weighted by Crippen LogP contribution is -2.24. The van der Waals surface area contributed by atoms with Crippen molar-refractivity contribution in [3.05, 3.63) is 24.3 Å². The van der Waals surface area contributed by atoms with Gasteiger partial charge in [0.1, 0.15) is 0 Å². The first-order valence-electron chi connectivity index (χ1n) is 5.62. The zero-order chi connectivity index (χ0) is 12.3. The second kappa shape index (κ2) is 5.42. The number of benzene rings is 1. The minimum absolute atomic E-state index is 0.0361. The van der Waals surface area contributed by atoms with Crippen LogP contribution in [0.5, 0.6) is 0 Å². The van der Waals surface area contributed by atoms with Gasteiger partial charge in [0.25, 0.3) is 0 Å². The van der Waals surface area contributed by atoms with Gasteiger partial charge in [0.15, 0.2) is 0 Å². The molecule has 1 aliphatic rings. The van der Waals surface area contributed by atoms with E-state index in [1.54, 1.807) is 24.5 Å². The van der Waals surface area contributed by atoms with E-state index in [4.69, 9.17) is 0 Å². The van der Waals surface area contributed by atoms with Crippen LogP contribution in [0.2, 0.25) is 0 Å². The van der Waals surface area contributed by atoms with Crippen molar-refractivity contribution in [2.75, 3.05) is 24.7 Å². The first-order valence-corrected chi connectivity index (χ1v) is 7.17. The quantitative estimate of drug-likeness (QED) is 0.843. The summed E-state index contributed by atoms with van der Waals surface area (Å²) in [6, 6.07) is 7.18. The van der Waals surface area contributed by atoms with Crippen molar-refractivity contribution >= 4 is 22.4 Å². The van der Waals surface area contributed by atoms with Crippen LogP contribution in [0.3, 0.4) is 0 Å². The van der Waals surface area contributed by atoms with Crippen LogP contribution in [0.15, 0.2) is 29.2 Å². The van der Waals surface area contributed by atoms with Crippen LogP contribution in [0.4, 0.5) is 5.69 Å². The van der Waals surface area contributed by atoms with Gasteiger partial charge >= 0.3 is 0 Å². The number of nitrogens with one attached hydrogen (secondary N) is 2. The molecule has 1 amide bonds. The molecule has 92 valence electrons. The molecule has 2 rings (SSSR count). The van der Waals surface area contributed by atoms with Crippen LogP contribution >= 0.6 is 0 Å². The molecule has 2 unspecified atom stereocenters. The Bertz CT molecular complexity index is 442. The minimum atomic E-state index is -1.02. The molecule has 17 heavy (non-hydrogen) atoms. The molecule has 5 heteroatoms. The second-order valence-corrected chi connectivity index (χ2v) is 5.54. The maximum Gasteiger partial charge on any atom is 0.228 e. The van der Waals surface area contributed by atoms with Gasteiger partial charge < -0.3 is 10.6 Å². The highest BCUT2D eigenvalue weighted by molar-refractivity contribution is 7.84. The molecule has 1 aliphatic heterocycles. The van der Waals surface area contributed by atoms with E-state index in [1.807, 2.05) is 6.07 Å². The summed E-state index contributed by atoms with van der Waals surface area (Å²) < 4.78 is 11.3. The Morgan fingerprint density at radius 1 is 1.53 bits per heavy atom. The first kappa shape index (κ1) is 12.3. The van der Waals surface area contributed by atoms with Crippen molar-refractivity contribution in [2.24, 2.45) is 5.92 Å². The molecular formula is C12H16N2O2S. The van der Waals surface area contributed by atoms with Gasteiger partial charge in [0.2, 0.25) is 5.91 Å². The van der Waals surface area contributed by atoms with Gasteiger partial charge in [-0.15, -0.1) is 0 Å². The van der Waals surface area contributed by atoms with Crippen molar-refractivity contribution in [3.63, 3.8) is 0 Å². The SMILES string of the molecule is CS(=O)c1cccc(NC(=O)C2CCNC2)c1. The molecule has 2 N–H and O–H groups in total. The van der Waals surface area contributed by atoms with E-state index in [1.165, 1.54) is 0 Å². The van der Waals surface area contributed by atoms with E-state index in [2.05, 4.69) is 10.6 Å². The minimum Gasteiger partial charge on any atom is -0.326 e. The Balaban J connectivity index is 2.05. The third-order valence-electron chi connectivity index (χ3n) is 2.86. The topological polar surface area (TPSA) is 58.2 Å². The van der Waals surface area contributed by atoms with Gasteiger partial charge in [-0.1, -0.05) is 6.07 Å². The Kier molecular flexibility index (Phi) is 3.91. The van der Waals surface area contributed by atoms with Gasteiger partial charge in [-0.05, 0) is 31.2 Å². The summed E-state index contributed by atoms with van der Waals surface area (Å²) in [5.74, 6) is 0.0832. The maximum absolute atomic E-state index is 11.9. The monoisotopic (exact) mass is 252 g/mol. The summed E-state index contributed by atoms with van der Waals surface area (Å²) in [5, 5.41) is 6.02. The van der Waals surface area contributed by atoms with Crippen LogP contribution in [0, 0.1) is 5.92 Å². The summed E-state index contributed by atoms with van der Waals surface area (Å²) >= 11 is 0. The highest BCUT2D eigenvalue weighted by Crippen LogP contribution is 2.16. The molecule has 1 aromatic carbocycles. The fourth-order valence-corrected chi connectivity index (χ4v) is 2.44. The highest BCUT2D eigenvalue weighted by atomic mass is 32.2. The molecular weight excluding hydrogens is 236 g/mol. The summed E-state index contributed by atoms with van der Waals surface area (Å²) in [6.45, 7) is 1.64. The Hall–Kier alpha value is -1.20. The summed E-state index contributed by atoms with van der Waals surface area (Å²) in [6.07, 6.45) is 2.51. The lowest BCUT2D eigenvalue weighted by atomic mass is 10.1. The Morgan fingerprint density at radius 2 is 2.35 bits per heavy atom. The van der Waals surface area contributed by atoms with E-state index < -0.39 is 10.8 Å².